The number of halogens is 1. The summed E-state index contributed by atoms with van der Waals surface area (Å²) < 4.78 is 11.8. The molecule has 0 saturated carbocycles. The van der Waals surface area contributed by atoms with Crippen molar-refractivity contribution in [1.82, 2.24) is 0 Å². The van der Waals surface area contributed by atoms with E-state index >= 15 is 0 Å². The molecule has 0 bridgehead atoms. The van der Waals surface area contributed by atoms with Gasteiger partial charge in [-0.25, -0.2) is 4.39 Å². The van der Waals surface area contributed by atoms with Gasteiger partial charge < -0.3 is 5.73 Å². The summed E-state index contributed by atoms with van der Waals surface area (Å²) in [4.78, 5) is 0. The lowest BCUT2D eigenvalue weighted by Crippen LogP contribution is -2.02. The fraction of sp³-hybridized carbons (Fsp3) is 0.500. The van der Waals surface area contributed by atoms with Crippen LogP contribution in [0.25, 0.3) is 0 Å². The molecule has 0 aliphatic heterocycles. The predicted octanol–water partition coefficient (Wildman–Crippen LogP) is 2.15. The van der Waals surface area contributed by atoms with Gasteiger partial charge >= 0.3 is 0 Å². The van der Waals surface area contributed by atoms with E-state index < -0.39 is 0 Å². The van der Waals surface area contributed by atoms with Gasteiger partial charge in [0, 0.05) is 6.54 Å². The van der Waals surface area contributed by atoms with Crippen molar-refractivity contribution in [2.24, 2.45) is 5.73 Å². The molecule has 0 saturated heterocycles. The first-order valence-corrected chi connectivity index (χ1v) is 3.33. The van der Waals surface area contributed by atoms with Crippen LogP contribution >= 0.6 is 0 Å². The van der Waals surface area contributed by atoms with Crippen LogP contribution in [0.5, 0.6) is 0 Å². The Kier molecular flexibility index (Phi) is 4.85. The van der Waals surface area contributed by atoms with E-state index in [0.29, 0.717) is 24.9 Å². The maximum Gasteiger partial charge on any atom is 0.0871 e. The maximum absolute atomic E-state index is 11.8. The Bertz CT molecular complexity index is 138. The van der Waals surface area contributed by atoms with Crippen molar-refractivity contribution in [3.63, 3.8) is 0 Å². The minimum absolute atomic E-state index is 0.309. The van der Waals surface area contributed by atoms with Crippen LogP contribution in [0.4, 0.5) is 4.39 Å². The molecule has 10 heavy (non-hydrogen) atoms. The van der Waals surface area contributed by atoms with Crippen molar-refractivity contribution in [1.29, 1.82) is 0 Å². The Morgan fingerprint density at radius 3 is 2.50 bits per heavy atom. The first-order chi connectivity index (χ1) is 4.70. The largest absolute Gasteiger partial charge is 0.327 e. The van der Waals surface area contributed by atoms with Crippen molar-refractivity contribution in [3.05, 3.63) is 24.1 Å². The molecule has 0 aliphatic rings. The second-order valence-corrected chi connectivity index (χ2v) is 2.43. The maximum atomic E-state index is 11.8. The summed E-state index contributed by atoms with van der Waals surface area (Å²) in [6.45, 7) is 5.94. The van der Waals surface area contributed by atoms with Crippen LogP contribution in [0.2, 0.25) is 0 Å². The first-order valence-electron chi connectivity index (χ1n) is 3.33. The number of hydrogen-bond donors (Lipinski definition) is 1. The lowest BCUT2D eigenvalue weighted by atomic mass is 10.1. The molecule has 0 radical (unpaired) electrons. The highest BCUT2D eigenvalue weighted by atomic mass is 19.1. The Hall–Kier alpha value is -0.630. The van der Waals surface area contributed by atoms with Crippen LogP contribution in [-0.4, -0.2) is 6.54 Å². The molecule has 0 aliphatic carbocycles. The van der Waals surface area contributed by atoms with Gasteiger partial charge in [-0.3, -0.25) is 0 Å². The third kappa shape index (κ3) is 4.27. The van der Waals surface area contributed by atoms with Gasteiger partial charge in [-0.15, -0.1) is 6.58 Å². The van der Waals surface area contributed by atoms with Gasteiger partial charge in [0.25, 0.3) is 0 Å². The van der Waals surface area contributed by atoms with Crippen molar-refractivity contribution in [3.8, 4) is 0 Å². The molecule has 58 valence electrons. The number of hydrogen-bond acceptors (Lipinski definition) is 1. The molecule has 0 fully saturated rings. The Morgan fingerprint density at radius 2 is 2.20 bits per heavy atom. The molecule has 1 nitrogen and oxygen atoms in total. The van der Waals surface area contributed by atoms with Crippen molar-refractivity contribution < 1.29 is 4.39 Å². The fourth-order valence-electron chi connectivity index (χ4n) is 0.575. The van der Waals surface area contributed by atoms with E-state index in [1.807, 2.05) is 6.92 Å². The van der Waals surface area contributed by atoms with E-state index in [4.69, 9.17) is 5.73 Å². The third-order valence-corrected chi connectivity index (χ3v) is 1.29. The van der Waals surface area contributed by atoms with Crippen LogP contribution in [0.15, 0.2) is 24.1 Å². The lowest BCUT2D eigenvalue weighted by molar-refractivity contribution is 0.691. The second kappa shape index (κ2) is 5.18. The minimum Gasteiger partial charge on any atom is -0.327 e. The van der Waals surface area contributed by atoms with Gasteiger partial charge in [0.15, 0.2) is 0 Å². The van der Waals surface area contributed by atoms with Gasteiger partial charge in [-0.1, -0.05) is 5.57 Å². The van der Waals surface area contributed by atoms with Gasteiger partial charge in [-0.05, 0) is 25.3 Å². The van der Waals surface area contributed by atoms with E-state index in [0.717, 1.165) is 12.0 Å². The van der Waals surface area contributed by atoms with E-state index in [2.05, 4.69) is 6.58 Å². The third-order valence-electron chi connectivity index (χ3n) is 1.29. The smallest absolute Gasteiger partial charge is 0.0871 e. The Morgan fingerprint density at radius 1 is 1.60 bits per heavy atom. The molecule has 2 heteroatoms. The highest BCUT2D eigenvalue weighted by Crippen LogP contribution is 2.08. The first kappa shape index (κ1) is 9.37. The highest BCUT2D eigenvalue weighted by molar-refractivity contribution is 5.03. The summed E-state index contributed by atoms with van der Waals surface area (Å²) in [6.07, 6.45) is 2.11. The molecule has 0 atom stereocenters. The lowest BCUT2D eigenvalue weighted by Gasteiger charge is -2.00. The van der Waals surface area contributed by atoms with Crippen LogP contribution in [0.3, 0.4) is 0 Å². The zero-order valence-corrected chi connectivity index (χ0v) is 6.36. The molecule has 0 amide bonds. The summed E-state index contributed by atoms with van der Waals surface area (Å²) in [5, 5.41) is 0. The Labute approximate surface area is 61.4 Å². The highest BCUT2D eigenvalue weighted by Gasteiger charge is 1.93. The zero-order valence-electron chi connectivity index (χ0n) is 6.36. The summed E-state index contributed by atoms with van der Waals surface area (Å²) in [5.41, 5.74) is 6.95. The second-order valence-electron chi connectivity index (χ2n) is 2.43. The topological polar surface area (TPSA) is 26.0 Å². The molecule has 0 aromatic heterocycles. The van der Waals surface area contributed by atoms with E-state index in [1.54, 1.807) is 0 Å². The van der Waals surface area contributed by atoms with E-state index in [9.17, 15) is 4.39 Å². The Balaban J connectivity index is 3.56. The van der Waals surface area contributed by atoms with Gasteiger partial charge in [-0.2, -0.15) is 0 Å². The number of rotatable bonds is 4. The molecule has 0 spiro atoms. The molecule has 0 heterocycles. The predicted molar refractivity (Wildman–Crippen MR) is 42.3 cm³/mol. The summed E-state index contributed by atoms with van der Waals surface area (Å²) >= 11 is 0. The van der Waals surface area contributed by atoms with Crippen molar-refractivity contribution in [2.45, 2.75) is 19.8 Å². The number of nitrogens with two attached hydrogens (primary N) is 1. The average molecular weight is 143 g/mol. The number of allylic oxidation sites excluding steroid dienone is 1. The van der Waals surface area contributed by atoms with Gasteiger partial charge in [0.1, 0.15) is 0 Å². The van der Waals surface area contributed by atoms with Crippen LogP contribution in [0, 0.1) is 0 Å². The van der Waals surface area contributed by atoms with Crippen molar-refractivity contribution in [2.75, 3.05) is 6.54 Å². The van der Waals surface area contributed by atoms with Gasteiger partial charge in [0.05, 0.1) is 6.33 Å². The van der Waals surface area contributed by atoms with Gasteiger partial charge in [0.2, 0.25) is 0 Å². The minimum atomic E-state index is 0.309. The van der Waals surface area contributed by atoms with Crippen LogP contribution in [-0.2, 0) is 0 Å². The van der Waals surface area contributed by atoms with E-state index in [-0.39, 0.29) is 0 Å². The molecular weight excluding hydrogens is 129 g/mol. The average Bonchev–Trinajstić information content (AvgIpc) is 1.90. The molecule has 0 unspecified atom stereocenters. The normalized spacial score (nSPS) is 11.7. The standard InChI is InChI=1S/C8H14FN/c1-7(2)3-4-8(5-9)6-10/h5H,1,3-4,6,10H2,2H3. The van der Waals surface area contributed by atoms with Crippen LogP contribution < -0.4 is 5.73 Å². The van der Waals surface area contributed by atoms with E-state index in [1.165, 1.54) is 0 Å². The molecule has 2 N–H and O–H groups in total. The summed E-state index contributed by atoms with van der Waals surface area (Å²) in [5.74, 6) is 0. The molecule has 0 rings (SSSR count). The fourth-order valence-corrected chi connectivity index (χ4v) is 0.575. The summed E-state index contributed by atoms with van der Waals surface area (Å²) in [6, 6.07) is 0. The summed E-state index contributed by atoms with van der Waals surface area (Å²) in [7, 11) is 0. The monoisotopic (exact) mass is 143 g/mol. The molecular formula is C8H14FN. The van der Waals surface area contributed by atoms with Crippen molar-refractivity contribution >= 4 is 0 Å². The zero-order chi connectivity index (χ0) is 7.98. The quantitative estimate of drug-likeness (QED) is 0.599. The SMILES string of the molecule is C=C(C)CCC(=CF)CN. The molecule has 0 aromatic carbocycles. The molecule has 0 aromatic rings. The van der Waals surface area contributed by atoms with Crippen LogP contribution in [0.1, 0.15) is 19.8 Å².